The summed E-state index contributed by atoms with van der Waals surface area (Å²) in [6.07, 6.45) is 1.82. The molecule has 3 rings (SSSR count). The highest BCUT2D eigenvalue weighted by molar-refractivity contribution is 6.35. The molecule has 0 spiro atoms. The Labute approximate surface area is 183 Å². The molecule has 1 heterocycles. The van der Waals surface area contributed by atoms with Gasteiger partial charge in [0.25, 0.3) is 0 Å². The van der Waals surface area contributed by atoms with Gasteiger partial charge in [0.1, 0.15) is 0 Å². The molecule has 0 aromatic heterocycles. The number of carbonyl (C=O) groups excluding carboxylic acids is 1. The number of aryl methyl sites for hydroxylation is 2. The zero-order valence-electron chi connectivity index (χ0n) is 17.2. The Morgan fingerprint density at radius 2 is 1.41 bits per heavy atom. The summed E-state index contributed by atoms with van der Waals surface area (Å²) in [7, 11) is 0. The van der Waals surface area contributed by atoms with Crippen molar-refractivity contribution >= 4 is 34.8 Å². The van der Waals surface area contributed by atoms with Gasteiger partial charge in [-0.1, -0.05) is 61.3 Å². The molecule has 1 N–H and O–H groups in total. The van der Waals surface area contributed by atoms with Crippen LogP contribution in [0.2, 0.25) is 10.0 Å². The number of para-hydroxylation sites is 1. The van der Waals surface area contributed by atoms with Crippen LogP contribution in [0.25, 0.3) is 0 Å². The van der Waals surface area contributed by atoms with E-state index in [1.54, 1.807) is 0 Å². The highest BCUT2D eigenvalue weighted by atomic mass is 35.5. The molecule has 156 valence electrons. The van der Waals surface area contributed by atoms with E-state index >= 15 is 0 Å². The Hall–Kier alpha value is -1.59. The molecule has 2 aromatic rings. The summed E-state index contributed by atoms with van der Waals surface area (Å²) in [4.78, 5) is 17.2. The Morgan fingerprint density at radius 3 is 1.97 bits per heavy atom. The standard InChI is InChI=1S/C23H29Cl2N3O/c1-3-17-7-5-8-18(4-2)23(17)26-22(29)16-28-13-11-27(12-14-28)15-19-20(24)9-6-10-21(19)25/h5-10H,3-4,11-16H2,1-2H3,(H,26,29). The fourth-order valence-corrected chi connectivity index (χ4v) is 4.31. The zero-order valence-corrected chi connectivity index (χ0v) is 18.7. The molecule has 1 amide bonds. The minimum atomic E-state index is 0.0585. The number of hydrogen-bond donors (Lipinski definition) is 1. The molecular weight excluding hydrogens is 405 g/mol. The largest absolute Gasteiger partial charge is 0.324 e. The van der Waals surface area contributed by atoms with Gasteiger partial charge in [-0.05, 0) is 36.1 Å². The first-order valence-corrected chi connectivity index (χ1v) is 11.1. The van der Waals surface area contributed by atoms with E-state index in [9.17, 15) is 4.79 Å². The molecule has 0 saturated carbocycles. The van der Waals surface area contributed by atoms with Crippen molar-refractivity contribution < 1.29 is 4.79 Å². The number of carbonyl (C=O) groups is 1. The first-order chi connectivity index (χ1) is 14.0. The summed E-state index contributed by atoms with van der Waals surface area (Å²) >= 11 is 12.6. The van der Waals surface area contributed by atoms with Crippen molar-refractivity contribution in [1.29, 1.82) is 0 Å². The minimum Gasteiger partial charge on any atom is -0.324 e. The van der Waals surface area contributed by atoms with Gasteiger partial charge in [0.05, 0.1) is 6.54 Å². The van der Waals surface area contributed by atoms with E-state index in [0.717, 1.165) is 56.8 Å². The van der Waals surface area contributed by atoms with Crippen LogP contribution in [-0.4, -0.2) is 48.4 Å². The van der Waals surface area contributed by atoms with E-state index in [-0.39, 0.29) is 5.91 Å². The Kier molecular flexibility index (Phi) is 7.96. The average molecular weight is 434 g/mol. The summed E-state index contributed by atoms with van der Waals surface area (Å²) in [5.41, 5.74) is 4.36. The number of nitrogens with one attached hydrogen (secondary N) is 1. The van der Waals surface area contributed by atoms with E-state index in [1.807, 2.05) is 18.2 Å². The van der Waals surface area contributed by atoms with Crippen molar-refractivity contribution in [2.24, 2.45) is 0 Å². The van der Waals surface area contributed by atoms with E-state index in [1.165, 1.54) is 11.1 Å². The number of nitrogens with zero attached hydrogens (tertiary/aromatic N) is 2. The van der Waals surface area contributed by atoms with Crippen LogP contribution in [0.5, 0.6) is 0 Å². The van der Waals surface area contributed by atoms with E-state index in [0.29, 0.717) is 16.6 Å². The van der Waals surface area contributed by atoms with Crippen LogP contribution in [0.15, 0.2) is 36.4 Å². The van der Waals surface area contributed by atoms with Gasteiger partial charge in [-0.3, -0.25) is 14.6 Å². The average Bonchev–Trinajstić information content (AvgIpc) is 2.72. The molecule has 1 aliphatic heterocycles. The molecule has 1 fully saturated rings. The van der Waals surface area contributed by atoms with Crippen LogP contribution < -0.4 is 5.32 Å². The van der Waals surface area contributed by atoms with Crippen LogP contribution in [0.1, 0.15) is 30.5 Å². The molecule has 0 aliphatic carbocycles. The summed E-state index contributed by atoms with van der Waals surface area (Å²) in [5.74, 6) is 0.0585. The lowest BCUT2D eigenvalue weighted by Gasteiger charge is -2.34. The first-order valence-electron chi connectivity index (χ1n) is 10.3. The van der Waals surface area contributed by atoms with Gasteiger partial charge in [-0.25, -0.2) is 0 Å². The van der Waals surface area contributed by atoms with E-state index < -0.39 is 0 Å². The third-order valence-corrected chi connectivity index (χ3v) is 6.25. The monoisotopic (exact) mass is 433 g/mol. The highest BCUT2D eigenvalue weighted by Crippen LogP contribution is 2.26. The van der Waals surface area contributed by atoms with E-state index in [4.69, 9.17) is 23.2 Å². The fraction of sp³-hybridized carbons (Fsp3) is 0.435. The van der Waals surface area contributed by atoms with Crippen LogP contribution in [0, 0.1) is 0 Å². The second kappa shape index (κ2) is 10.4. The number of piperazine rings is 1. The topological polar surface area (TPSA) is 35.6 Å². The smallest absolute Gasteiger partial charge is 0.238 e. The number of hydrogen-bond acceptors (Lipinski definition) is 3. The fourth-order valence-electron chi connectivity index (χ4n) is 3.80. The summed E-state index contributed by atoms with van der Waals surface area (Å²) in [5, 5.41) is 4.58. The molecule has 0 bridgehead atoms. The lowest BCUT2D eigenvalue weighted by atomic mass is 10.0. The normalized spacial score (nSPS) is 15.4. The van der Waals surface area contributed by atoms with Gasteiger partial charge >= 0.3 is 0 Å². The van der Waals surface area contributed by atoms with Crippen molar-refractivity contribution in [3.8, 4) is 0 Å². The summed E-state index contributed by atoms with van der Waals surface area (Å²) in [6, 6.07) is 11.9. The molecular formula is C23H29Cl2N3O. The quantitative estimate of drug-likeness (QED) is 0.675. The molecule has 0 radical (unpaired) electrons. The van der Waals surface area contributed by atoms with Crippen LogP contribution in [-0.2, 0) is 24.2 Å². The van der Waals surface area contributed by atoms with Crippen molar-refractivity contribution in [3.63, 3.8) is 0 Å². The van der Waals surface area contributed by atoms with E-state index in [2.05, 4.69) is 47.2 Å². The zero-order chi connectivity index (χ0) is 20.8. The summed E-state index contributed by atoms with van der Waals surface area (Å²) in [6.45, 7) is 8.88. The van der Waals surface area contributed by atoms with Gasteiger partial charge in [0.15, 0.2) is 0 Å². The maximum absolute atomic E-state index is 12.7. The molecule has 1 aliphatic rings. The maximum atomic E-state index is 12.7. The number of halogens is 2. The molecule has 29 heavy (non-hydrogen) atoms. The number of rotatable bonds is 7. The number of benzene rings is 2. The third-order valence-electron chi connectivity index (χ3n) is 5.54. The van der Waals surface area contributed by atoms with Gasteiger partial charge in [0.2, 0.25) is 5.91 Å². The molecule has 2 aromatic carbocycles. The first kappa shape index (κ1) is 22.1. The van der Waals surface area contributed by atoms with Crippen molar-refractivity contribution in [2.45, 2.75) is 33.2 Å². The molecule has 1 saturated heterocycles. The van der Waals surface area contributed by atoms with Gasteiger partial charge in [-0.2, -0.15) is 0 Å². The second-order valence-electron chi connectivity index (χ2n) is 7.46. The molecule has 6 heteroatoms. The lowest BCUT2D eigenvalue weighted by Crippen LogP contribution is -2.48. The van der Waals surface area contributed by atoms with Crippen LogP contribution in [0.3, 0.4) is 0 Å². The Bertz CT molecular complexity index is 806. The summed E-state index contributed by atoms with van der Waals surface area (Å²) < 4.78 is 0. The lowest BCUT2D eigenvalue weighted by molar-refractivity contribution is -0.117. The SMILES string of the molecule is CCc1cccc(CC)c1NC(=O)CN1CCN(Cc2c(Cl)cccc2Cl)CC1. The van der Waals surface area contributed by atoms with Crippen LogP contribution >= 0.6 is 23.2 Å². The van der Waals surface area contributed by atoms with Gasteiger partial charge in [-0.15, -0.1) is 0 Å². The second-order valence-corrected chi connectivity index (χ2v) is 8.27. The third kappa shape index (κ3) is 5.73. The number of amides is 1. The highest BCUT2D eigenvalue weighted by Gasteiger charge is 2.21. The minimum absolute atomic E-state index is 0.0585. The van der Waals surface area contributed by atoms with Crippen molar-refractivity contribution in [1.82, 2.24) is 9.80 Å². The predicted molar refractivity (Wildman–Crippen MR) is 122 cm³/mol. The van der Waals surface area contributed by atoms with Crippen molar-refractivity contribution in [3.05, 3.63) is 63.1 Å². The van der Waals surface area contributed by atoms with Crippen LogP contribution in [0.4, 0.5) is 5.69 Å². The van der Waals surface area contributed by atoms with Crippen molar-refractivity contribution in [2.75, 3.05) is 38.0 Å². The Balaban J connectivity index is 1.53. The molecule has 0 unspecified atom stereocenters. The molecule has 0 atom stereocenters. The number of anilines is 1. The van der Waals surface area contributed by atoms with Gasteiger partial charge in [0, 0.05) is 54.0 Å². The predicted octanol–water partition coefficient (Wildman–Crippen LogP) is 4.87. The maximum Gasteiger partial charge on any atom is 0.238 e. The van der Waals surface area contributed by atoms with Gasteiger partial charge < -0.3 is 5.32 Å². The Morgan fingerprint density at radius 1 is 0.897 bits per heavy atom. The molecule has 4 nitrogen and oxygen atoms in total.